The molecule has 0 radical (unpaired) electrons. The minimum absolute atomic E-state index is 0.0428. The van der Waals surface area contributed by atoms with E-state index in [4.69, 9.17) is 0 Å². The number of ketones is 1. The number of hydrogen-bond acceptors (Lipinski definition) is 4. The highest BCUT2D eigenvalue weighted by Gasteiger charge is 2.11. The average molecular weight is 295 g/mol. The molecule has 0 fully saturated rings. The molecule has 110 valence electrons. The zero-order valence-electron chi connectivity index (χ0n) is 11.6. The third-order valence-corrected chi connectivity index (χ3v) is 3.04. The highest BCUT2D eigenvalue weighted by atomic mass is 16.6. The summed E-state index contributed by atoms with van der Waals surface area (Å²) in [5, 5.41) is 20.0. The summed E-state index contributed by atoms with van der Waals surface area (Å²) in [6.07, 6.45) is 2.83. The summed E-state index contributed by atoms with van der Waals surface area (Å²) in [5.41, 5.74) is 1.61. The van der Waals surface area contributed by atoms with Crippen LogP contribution in [0.5, 0.6) is 5.75 Å². The lowest BCUT2D eigenvalue weighted by Crippen LogP contribution is -1.98. The quantitative estimate of drug-likeness (QED) is 0.395. The van der Waals surface area contributed by atoms with Gasteiger partial charge in [0.15, 0.2) is 5.78 Å². The molecule has 0 unspecified atom stereocenters. The Morgan fingerprint density at radius 1 is 1.09 bits per heavy atom. The van der Waals surface area contributed by atoms with Gasteiger partial charge in [0.2, 0.25) is 0 Å². The van der Waals surface area contributed by atoms with E-state index < -0.39 is 4.92 Å². The number of phenols is 1. The van der Waals surface area contributed by atoms with E-state index in [0.717, 1.165) is 5.56 Å². The first kappa shape index (κ1) is 15.2. The van der Waals surface area contributed by atoms with E-state index in [1.807, 2.05) is 0 Å². The second kappa shape index (κ2) is 6.49. The van der Waals surface area contributed by atoms with Gasteiger partial charge in [-0.05, 0) is 47.5 Å². The van der Waals surface area contributed by atoms with Crippen LogP contribution >= 0.6 is 0 Å². The van der Waals surface area contributed by atoms with Gasteiger partial charge in [-0.15, -0.1) is 0 Å². The molecule has 0 aliphatic heterocycles. The second-order valence-electron chi connectivity index (χ2n) is 4.52. The Hall–Kier alpha value is -3.21. The number of carbonyl (C=O) groups excluding carboxylic acids is 1. The lowest BCUT2D eigenvalue weighted by molar-refractivity contribution is -0.384. The number of non-ortho nitro benzene ring substituents is 1. The minimum Gasteiger partial charge on any atom is -0.508 e. The Morgan fingerprint density at radius 2 is 1.68 bits per heavy atom. The molecule has 0 heterocycles. The summed E-state index contributed by atoms with van der Waals surface area (Å²) in [7, 11) is 0. The lowest BCUT2D eigenvalue weighted by Gasteiger charge is -2.05. The van der Waals surface area contributed by atoms with Crippen LogP contribution < -0.4 is 0 Å². The van der Waals surface area contributed by atoms with Crippen molar-refractivity contribution in [2.75, 3.05) is 0 Å². The first-order valence-electron chi connectivity index (χ1n) is 6.43. The number of carbonyl (C=O) groups is 1. The molecular formula is C17H13NO4. The first-order valence-corrected chi connectivity index (χ1v) is 6.43. The Balaban J connectivity index is 2.46. The largest absolute Gasteiger partial charge is 0.508 e. The van der Waals surface area contributed by atoms with Crippen molar-refractivity contribution >= 4 is 23.1 Å². The summed E-state index contributed by atoms with van der Waals surface area (Å²) < 4.78 is 0. The molecular weight excluding hydrogens is 282 g/mol. The molecule has 0 bridgehead atoms. The molecule has 2 rings (SSSR count). The molecule has 0 aromatic heterocycles. The van der Waals surface area contributed by atoms with E-state index in [0.29, 0.717) is 11.1 Å². The summed E-state index contributed by atoms with van der Waals surface area (Å²) in [5.74, 6) is -0.161. The van der Waals surface area contributed by atoms with Gasteiger partial charge in [-0.2, -0.15) is 0 Å². The third kappa shape index (κ3) is 3.46. The van der Waals surface area contributed by atoms with Crippen LogP contribution in [0.4, 0.5) is 5.69 Å². The highest BCUT2D eigenvalue weighted by molar-refractivity contribution is 6.29. The van der Waals surface area contributed by atoms with Crippen molar-refractivity contribution in [2.45, 2.75) is 0 Å². The van der Waals surface area contributed by atoms with Gasteiger partial charge < -0.3 is 5.11 Å². The zero-order chi connectivity index (χ0) is 16.1. The summed E-state index contributed by atoms with van der Waals surface area (Å²) >= 11 is 0. The van der Waals surface area contributed by atoms with E-state index in [1.165, 1.54) is 42.5 Å². The molecule has 2 aromatic carbocycles. The lowest BCUT2D eigenvalue weighted by atomic mass is 9.98. The van der Waals surface area contributed by atoms with Crippen LogP contribution in [0.15, 0.2) is 61.2 Å². The van der Waals surface area contributed by atoms with Crippen molar-refractivity contribution in [1.82, 2.24) is 0 Å². The fourth-order valence-electron chi connectivity index (χ4n) is 1.91. The predicted octanol–water partition coefficient (Wildman–Crippen LogP) is 3.60. The summed E-state index contributed by atoms with van der Waals surface area (Å²) in [6.45, 7) is 3.47. The number of phenolic OH excluding ortho intramolecular Hbond substituents is 1. The van der Waals surface area contributed by atoms with Crippen molar-refractivity contribution in [3.63, 3.8) is 0 Å². The van der Waals surface area contributed by atoms with Crippen molar-refractivity contribution in [3.8, 4) is 5.75 Å². The second-order valence-corrected chi connectivity index (χ2v) is 4.52. The van der Waals surface area contributed by atoms with E-state index in [9.17, 15) is 20.0 Å². The number of nitrogens with zero attached hydrogens (tertiary/aromatic N) is 1. The molecule has 0 saturated heterocycles. The van der Waals surface area contributed by atoms with E-state index >= 15 is 0 Å². The Kier molecular flexibility index (Phi) is 4.48. The monoisotopic (exact) mass is 295 g/mol. The van der Waals surface area contributed by atoms with E-state index in [1.54, 1.807) is 18.2 Å². The zero-order valence-corrected chi connectivity index (χ0v) is 11.6. The molecule has 2 aromatic rings. The van der Waals surface area contributed by atoms with Gasteiger partial charge in [0.05, 0.1) is 4.92 Å². The van der Waals surface area contributed by atoms with Gasteiger partial charge in [0, 0.05) is 17.7 Å². The number of benzene rings is 2. The van der Waals surface area contributed by atoms with Crippen LogP contribution in [0.25, 0.3) is 11.6 Å². The number of nitro benzene ring substituents is 1. The van der Waals surface area contributed by atoms with Gasteiger partial charge in [-0.1, -0.05) is 18.7 Å². The Morgan fingerprint density at radius 3 is 2.18 bits per heavy atom. The van der Waals surface area contributed by atoms with E-state index in [2.05, 4.69) is 6.58 Å². The van der Waals surface area contributed by atoms with Gasteiger partial charge in [0.1, 0.15) is 5.75 Å². The van der Waals surface area contributed by atoms with Gasteiger partial charge >= 0.3 is 0 Å². The molecule has 5 nitrogen and oxygen atoms in total. The summed E-state index contributed by atoms with van der Waals surface area (Å²) in [6, 6.07) is 12.1. The van der Waals surface area contributed by atoms with Crippen molar-refractivity contribution < 1.29 is 14.8 Å². The van der Waals surface area contributed by atoms with Crippen LogP contribution in [0, 0.1) is 10.1 Å². The van der Waals surface area contributed by atoms with Crippen LogP contribution in [0.3, 0.4) is 0 Å². The average Bonchev–Trinajstić information content (AvgIpc) is 2.53. The van der Waals surface area contributed by atoms with Gasteiger partial charge in [-0.3, -0.25) is 14.9 Å². The summed E-state index contributed by atoms with van der Waals surface area (Å²) in [4.78, 5) is 22.2. The Bertz CT molecular complexity index is 743. The Labute approximate surface area is 127 Å². The number of nitro groups is 1. The molecule has 0 amide bonds. The molecule has 5 heteroatoms. The maximum atomic E-state index is 12.0. The van der Waals surface area contributed by atoms with E-state index in [-0.39, 0.29) is 17.2 Å². The van der Waals surface area contributed by atoms with Crippen LogP contribution in [-0.4, -0.2) is 15.8 Å². The van der Waals surface area contributed by atoms with Crippen molar-refractivity contribution in [1.29, 1.82) is 0 Å². The topological polar surface area (TPSA) is 80.4 Å². The maximum Gasteiger partial charge on any atom is 0.269 e. The number of aromatic hydroxyl groups is 1. The fraction of sp³-hybridized carbons (Fsp3) is 0. The normalized spacial score (nSPS) is 11.0. The number of rotatable bonds is 5. The van der Waals surface area contributed by atoms with Gasteiger partial charge in [-0.25, -0.2) is 0 Å². The van der Waals surface area contributed by atoms with Crippen molar-refractivity contribution in [3.05, 3.63) is 82.4 Å². The molecule has 0 spiro atoms. The van der Waals surface area contributed by atoms with Crippen LogP contribution in [-0.2, 0) is 4.79 Å². The molecule has 0 aliphatic carbocycles. The SMILES string of the molecule is C=CC(=O)C(=Cc1ccc(O)cc1)c1ccc([N+](=O)[O-])cc1. The highest BCUT2D eigenvalue weighted by Crippen LogP contribution is 2.23. The van der Waals surface area contributed by atoms with Gasteiger partial charge in [0.25, 0.3) is 5.69 Å². The predicted molar refractivity (Wildman–Crippen MR) is 84.3 cm³/mol. The molecule has 22 heavy (non-hydrogen) atoms. The molecule has 0 atom stereocenters. The molecule has 0 saturated carbocycles. The number of allylic oxidation sites excluding steroid dienone is 2. The van der Waals surface area contributed by atoms with Crippen LogP contribution in [0.2, 0.25) is 0 Å². The fourth-order valence-corrected chi connectivity index (χ4v) is 1.91. The third-order valence-electron chi connectivity index (χ3n) is 3.04. The standard InChI is InChI=1S/C17H13NO4/c1-2-17(20)16(11-12-3-9-15(19)10-4-12)13-5-7-14(8-6-13)18(21)22/h2-11,19H,1H2. The minimum atomic E-state index is -0.498. The molecule has 1 N–H and O–H groups in total. The smallest absolute Gasteiger partial charge is 0.269 e. The maximum absolute atomic E-state index is 12.0. The van der Waals surface area contributed by atoms with Crippen LogP contribution in [0.1, 0.15) is 11.1 Å². The van der Waals surface area contributed by atoms with Crippen molar-refractivity contribution in [2.24, 2.45) is 0 Å². The number of hydrogen-bond donors (Lipinski definition) is 1. The molecule has 0 aliphatic rings. The first-order chi connectivity index (χ1) is 10.5.